The summed E-state index contributed by atoms with van der Waals surface area (Å²) in [6.45, 7) is 0.930. The summed E-state index contributed by atoms with van der Waals surface area (Å²) >= 11 is 3.36. The second-order valence-corrected chi connectivity index (χ2v) is 4.99. The summed E-state index contributed by atoms with van der Waals surface area (Å²) < 4.78 is 0. The highest BCUT2D eigenvalue weighted by molar-refractivity contribution is 9.10. The van der Waals surface area contributed by atoms with Gasteiger partial charge >= 0.3 is 0 Å². The van der Waals surface area contributed by atoms with Gasteiger partial charge in [0.1, 0.15) is 0 Å². The number of aliphatic hydroxyl groups is 1. The van der Waals surface area contributed by atoms with Gasteiger partial charge in [-0.05, 0) is 30.5 Å². The van der Waals surface area contributed by atoms with Gasteiger partial charge in [0.05, 0.1) is 4.83 Å². The first-order valence-corrected chi connectivity index (χ1v) is 6.29. The second kappa shape index (κ2) is 4.97. The third-order valence-corrected chi connectivity index (χ3v) is 3.64. The predicted octanol–water partition coefficient (Wildman–Crippen LogP) is 1.72. The minimum atomic E-state index is -0.0374. The third kappa shape index (κ3) is 2.28. The van der Waals surface area contributed by atoms with Crippen LogP contribution < -0.4 is 4.90 Å². The molecule has 16 heavy (non-hydrogen) atoms. The highest BCUT2D eigenvalue weighted by Crippen LogP contribution is 2.25. The van der Waals surface area contributed by atoms with Gasteiger partial charge in [-0.15, -0.1) is 0 Å². The number of nitrogens with zero attached hydrogens (tertiary/aromatic N) is 1. The van der Waals surface area contributed by atoms with Gasteiger partial charge in [-0.1, -0.05) is 28.1 Å². The predicted molar refractivity (Wildman–Crippen MR) is 66.9 cm³/mol. The van der Waals surface area contributed by atoms with Gasteiger partial charge in [0.15, 0.2) is 0 Å². The lowest BCUT2D eigenvalue weighted by atomic mass is 10.1. The standard InChI is InChI=1S/C12H14BrNO2/c13-11-5-7-14(12(11)16)10-3-1-9(2-4-10)6-8-15/h1-4,11,15H,5-8H2. The Labute approximate surface area is 103 Å². The monoisotopic (exact) mass is 283 g/mol. The van der Waals surface area contributed by atoms with Crippen molar-refractivity contribution < 1.29 is 9.90 Å². The Hall–Kier alpha value is -0.870. The van der Waals surface area contributed by atoms with E-state index in [-0.39, 0.29) is 17.3 Å². The van der Waals surface area contributed by atoms with E-state index >= 15 is 0 Å². The number of hydrogen-bond acceptors (Lipinski definition) is 2. The van der Waals surface area contributed by atoms with Crippen LogP contribution in [0.1, 0.15) is 12.0 Å². The quantitative estimate of drug-likeness (QED) is 0.859. The van der Waals surface area contributed by atoms with E-state index in [9.17, 15) is 4.79 Å². The highest BCUT2D eigenvalue weighted by atomic mass is 79.9. The largest absolute Gasteiger partial charge is 0.396 e. The lowest BCUT2D eigenvalue weighted by Gasteiger charge is -2.16. The molecule has 1 fully saturated rings. The zero-order valence-corrected chi connectivity index (χ0v) is 10.5. The number of hydrogen-bond donors (Lipinski definition) is 1. The van der Waals surface area contributed by atoms with Crippen molar-refractivity contribution in [2.24, 2.45) is 0 Å². The molecule has 2 rings (SSSR count). The molecule has 86 valence electrons. The van der Waals surface area contributed by atoms with Crippen LogP contribution in [-0.4, -0.2) is 29.0 Å². The van der Waals surface area contributed by atoms with Crippen LogP contribution in [0.5, 0.6) is 0 Å². The topological polar surface area (TPSA) is 40.5 Å². The summed E-state index contributed by atoms with van der Waals surface area (Å²) in [5.74, 6) is 0.134. The molecule has 1 aromatic rings. The zero-order valence-electron chi connectivity index (χ0n) is 8.90. The van der Waals surface area contributed by atoms with Gasteiger partial charge in [0, 0.05) is 18.8 Å². The number of benzene rings is 1. The van der Waals surface area contributed by atoms with Gasteiger partial charge in [-0.3, -0.25) is 4.79 Å². The van der Waals surface area contributed by atoms with Crippen LogP contribution in [0, 0.1) is 0 Å². The summed E-state index contributed by atoms with van der Waals surface area (Å²) in [6.07, 6.45) is 1.52. The van der Waals surface area contributed by atoms with E-state index in [1.165, 1.54) is 0 Å². The second-order valence-electron chi connectivity index (χ2n) is 3.89. The summed E-state index contributed by atoms with van der Waals surface area (Å²) in [5.41, 5.74) is 2.03. The summed E-state index contributed by atoms with van der Waals surface area (Å²) in [5, 5.41) is 8.81. The molecule has 1 amide bonds. The Balaban J connectivity index is 2.13. The number of carbonyl (C=O) groups excluding carboxylic acids is 1. The maximum Gasteiger partial charge on any atom is 0.240 e. The van der Waals surface area contributed by atoms with Crippen LogP contribution in [0.2, 0.25) is 0 Å². The number of amides is 1. The maximum atomic E-state index is 11.8. The van der Waals surface area contributed by atoms with Gasteiger partial charge in [0.25, 0.3) is 0 Å². The summed E-state index contributed by atoms with van der Waals surface area (Å²) in [4.78, 5) is 13.5. The molecule has 0 spiro atoms. The first kappa shape index (κ1) is 11.6. The van der Waals surface area contributed by atoms with Crippen molar-refractivity contribution >= 4 is 27.5 Å². The van der Waals surface area contributed by atoms with Crippen molar-refractivity contribution in [3.8, 4) is 0 Å². The van der Waals surface area contributed by atoms with E-state index in [1.807, 2.05) is 24.3 Å². The first-order chi connectivity index (χ1) is 7.72. The van der Waals surface area contributed by atoms with Gasteiger partial charge in [-0.25, -0.2) is 0 Å². The number of rotatable bonds is 3. The van der Waals surface area contributed by atoms with E-state index in [2.05, 4.69) is 15.9 Å². The SMILES string of the molecule is O=C1C(Br)CCN1c1ccc(CCO)cc1. The molecule has 0 aliphatic carbocycles. The molecule has 1 unspecified atom stereocenters. The fourth-order valence-electron chi connectivity index (χ4n) is 1.87. The Morgan fingerprint density at radius 1 is 1.38 bits per heavy atom. The molecule has 0 radical (unpaired) electrons. The number of aliphatic hydroxyl groups excluding tert-OH is 1. The van der Waals surface area contributed by atoms with Crippen LogP contribution >= 0.6 is 15.9 Å². The van der Waals surface area contributed by atoms with Crippen LogP contribution in [0.4, 0.5) is 5.69 Å². The van der Waals surface area contributed by atoms with Crippen molar-refractivity contribution in [2.75, 3.05) is 18.1 Å². The lowest BCUT2D eigenvalue weighted by molar-refractivity contribution is -0.116. The Morgan fingerprint density at radius 3 is 2.56 bits per heavy atom. The molecule has 1 atom stereocenters. The van der Waals surface area contributed by atoms with E-state index in [1.54, 1.807) is 4.90 Å². The molecule has 3 nitrogen and oxygen atoms in total. The molecule has 0 saturated carbocycles. The van der Waals surface area contributed by atoms with Crippen LogP contribution in [-0.2, 0) is 11.2 Å². The average molecular weight is 284 g/mol. The van der Waals surface area contributed by atoms with Crippen molar-refractivity contribution in [3.05, 3.63) is 29.8 Å². The Bertz CT molecular complexity index is 377. The van der Waals surface area contributed by atoms with Gasteiger partial charge < -0.3 is 10.0 Å². The number of carbonyl (C=O) groups is 1. The van der Waals surface area contributed by atoms with E-state index < -0.39 is 0 Å². The summed E-state index contributed by atoms with van der Waals surface area (Å²) in [6, 6.07) is 7.79. The van der Waals surface area contributed by atoms with Crippen LogP contribution in [0.25, 0.3) is 0 Å². The number of alkyl halides is 1. The molecular weight excluding hydrogens is 270 g/mol. The van der Waals surface area contributed by atoms with Gasteiger partial charge in [-0.2, -0.15) is 0 Å². The molecule has 1 aliphatic heterocycles. The fourth-order valence-corrected chi connectivity index (χ4v) is 2.33. The average Bonchev–Trinajstić information content (AvgIpc) is 2.62. The first-order valence-electron chi connectivity index (χ1n) is 5.37. The van der Waals surface area contributed by atoms with Crippen molar-refractivity contribution in [3.63, 3.8) is 0 Å². The third-order valence-electron chi connectivity index (χ3n) is 2.79. The van der Waals surface area contributed by atoms with Crippen molar-refractivity contribution in [2.45, 2.75) is 17.7 Å². The molecule has 1 aromatic carbocycles. The normalized spacial score (nSPS) is 20.5. The highest BCUT2D eigenvalue weighted by Gasteiger charge is 2.30. The molecular formula is C12H14BrNO2. The minimum Gasteiger partial charge on any atom is -0.396 e. The minimum absolute atomic E-state index is 0.0374. The smallest absolute Gasteiger partial charge is 0.240 e. The Morgan fingerprint density at radius 2 is 2.06 bits per heavy atom. The number of anilines is 1. The van der Waals surface area contributed by atoms with E-state index in [0.717, 1.165) is 24.2 Å². The van der Waals surface area contributed by atoms with E-state index in [0.29, 0.717) is 6.42 Å². The zero-order chi connectivity index (χ0) is 11.5. The molecule has 4 heteroatoms. The van der Waals surface area contributed by atoms with Crippen molar-refractivity contribution in [1.82, 2.24) is 0 Å². The maximum absolute atomic E-state index is 11.8. The molecule has 0 bridgehead atoms. The Kier molecular flexibility index (Phi) is 3.61. The van der Waals surface area contributed by atoms with E-state index in [4.69, 9.17) is 5.11 Å². The van der Waals surface area contributed by atoms with Crippen molar-refractivity contribution in [1.29, 1.82) is 0 Å². The molecule has 1 aliphatic rings. The number of halogens is 1. The molecule has 0 aromatic heterocycles. The summed E-state index contributed by atoms with van der Waals surface area (Å²) in [7, 11) is 0. The molecule has 1 heterocycles. The van der Waals surface area contributed by atoms with Gasteiger partial charge in [0.2, 0.25) is 5.91 Å². The van der Waals surface area contributed by atoms with Crippen LogP contribution in [0.15, 0.2) is 24.3 Å². The lowest BCUT2D eigenvalue weighted by Crippen LogP contribution is -2.26. The molecule has 1 N–H and O–H groups in total. The fraction of sp³-hybridized carbons (Fsp3) is 0.417. The molecule has 1 saturated heterocycles. The van der Waals surface area contributed by atoms with Crippen LogP contribution in [0.3, 0.4) is 0 Å².